The SMILES string of the molecule is O=C(Cn1c(=O)c2ccccc2n2cncc12)c1cccc(F)c1. The minimum absolute atomic E-state index is 0.178. The molecule has 0 aliphatic rings. The lowest BCUT2D eigenvalue weighted by atomic mass is 10.1. The molecule has 0 saturated heterocycles. The zero-order valence-corrected chi connectivity index (χ0v) is 12.5. The van der Waals surface area contributed by atoms with Crippen LogP contribution in [0.3, 0.4) is 0 Å². The van der Waals surface area contributed by atoms with Crippen LogP contribution in [-0.4, -0.2) is 19.7 Å². The molecular weight excluding hydrogens is 309 g/mol. The number of para-hydroxylation sites is 1. The van der Waals surface area contributed by atoms with Gasteiger partial charge in [-0.05, 0) is 24.3 Å². The number of nitrogens with zero attached hydrogens (tertiary/aromatic N) is 3. The summed E-state index contributed by atoms with van der Waals surface area (Å²) in [5.74, 6) is -0.823. The van der Waals surface area contributed by atoms with E-state index in [1.165, 1.54) is 35.0 Å². The van der Waals surface area contributed by atoms with Gasteiger partial charge in [0.25, 0.3) is 5.56 Å². The monoisotopic (exact) mass is 321 g/mol. The van der Waals surface area contributed by atoms with Gasteiger partial charge in [-0.25, -0.2) is 9.37 Å². The number of imidazole rings is 1. The van der Waals surface area contributed by atoms with Crippen LogP contribution in [0.2, 0.25) is 0 Å². The smallest absolute Gasteiger partial charge is 0.262 e. The van der Waals surface area contributed by atoms with Crippen molar-refractivity contribution in [3.8, 4) is 0 Å². The molecule has 24 heavy (non-hydrogen) atoms. The molecule has 0 fully saturated rings. The molecule has 4 aromatic rings. The largest absolute Gasteiger partial charge is 0.292 e. The zero-order valence-electron chi connectivity index (χ0n) is 12.5. The number of Topliss-reactive ketones (excluding diaryl/α,β-unsaturated/α-hetero) is 1. The van der Waals surface area contributed by atoms with Crippen molar-refractivity contribution in [2.45, 2.75) is 6.54 Å². The molecular formula is C18H12FN3O2. The van der Waals surface area contributed by atoms with Crippen molar-refractivity contribution < 1.29 is 9.18 Å². The van der Waals surface area contributed by atoms with E-state index < -0.39 is 5.82 Å². The molecule has 0 spiro atoms. The molecule has 0 aliphatic carbocycles. The van der Waals surface area contributed by atoms with Gasteiger partial charge < -0.3 is 0 Å². The second-order valence-corrected chi connectivity index (χ2v) is 5.46. The first-order chi connectivity index (χ1) is 11.6. The first-order valence-corrected chi connectivity index (χ1v) is 7.37. The van der Waals surface area contributed by atoms with E-state index in [1.807, 2.05) is 12.1 Å². The summed E-state index contributed by atoms with van der Waals surface area (Å²) < 4.78 is 16.4. The van der Waals surface area contributed by atoms with Crippen LogP contribution in [0.4, 0.5) is 4.39 Å². The quantitative estimate of drug-likeness (QED) is 0.545. The van der Waals surface area contributed by atoms with Crippen LogP contribution < -0.4 is 5.56 Å². The Hall–Kier alpha value is -3.28. The number of halogens is 1. The summed E-state index contributed by atoms with van der Waals surface area (Å²) in [7, 11) is 0. The number of ketones is 1. The Morgan fingerprint density at radius 1 is 1.12 bits per heavy atom. The van der Waals surface area contributed by atoms with Crippen LogP contribution in [0, 0.1) is 5.82 Å². The summed E-state index contributed by atoms with van der Waals surface area (Å²) in [6.07, 6.45) is 3.13. The van der Waals surface area contributed by atoms with E-state index in [0.717, 1.165) is 5.52 Å². The van der Waals surface area contributed by atoms with Gasteiger partial charge in [0, 0.05) is 5.56 Å². The van der Waals surface area contributed by atoms with E-state index in [4.69, 9.17) is 0 Å². The molecule has 4 rings (SSSR count). The molecule has 0 aliphatic heterocycles. The van der Waals surface area contributed by atoms with Crippen LogP contribution in [-0.2, 0) is 6.54 Å². The summed E-state index contributed by atoms with van der Waals surface area (Å²) >= 11 is 0. The third-order valence-electron chi connectivity index (χ3n) is 3.98. The number of carbonyl (C=O) groups excluding carboxylic acids is 1. The Balaban J connectivity index is 1.89. The van der Waals surface area contributed by atoms with Gasteiger partial charge in [0.2, 0.25) is 0 Å². The Labute approximate surface area is 135 Å². The van der Waals surface area contributed by atoms with Crippen LogP contribution in [0.15, 0.2) is 65.8 Å². The molecule has 118 valence electrons. The van der Waals surface area contributed by atoms with Crippen molar-refractivity contribution in [3.63, 3.8) is 0 Å². The average Bonchev–Trinajstić information content (AvgIpc) is 3.08. The molecule has 0 amide bonds. The van der Waals surface area contributed by atoms with Gasteiger partial charge in [-0.15, -0.1) is 0 Å². The minimum atomic E-state index is -0.485. The highest BCUT2D eigenvalue weighted by Crippen LogP contribution is 2.14. The van der Waals surface area contributed by atoms with Crippen molar-refractivity contribution in [3.05, 3.63) is 82.8 Å². The van der Waals surface area contributed by atoms with Crippen LogP contribution >= 0.6 is 0 Å². The first kappa shape index (κ1) is 14.3. The summed E-state index contributed by atoms with van der Waals surface area (Å²) in [6, 6.07) is 12.6. The Bertz CT molecular complexity index is 1140. The summed E-state index contributed by atoms with van der Waals surface area (Å²) in [5.41, 5.74) is 1.20. The molecule has 6 heteroatoms. The molecule has 0 radical (unpaired) electrons. The van der Waals surface area contributed by atoms with Crippen molar-refractivity contribution >= 4 is 22.3 Å². The van der Waals surface area contributed by atoms with Crippen molar-refractivity contribution in [1.29, 1.82) is 0 Å². The van der Waals surface area contributed by atoms with E-state index in [-0.39, 0.29) is 23.5 Å². The zero-order chi connectivity index (χ0) is 16.7. The van der Waals surface area contributed by atoms with E-state index in [0.29, 0.717) is 11.0 Å². The number of hydrogen-bond acceptors (Lipinski definition) is 3. The fraction of sp³-hybridized carbons (Fsp3) is 0.0556. The highest BCUT2D eigenvalue weighted by atomic mass is 19.1. The van der Waals surface area contributed by atoms with E-state index in [2.05, 4.69) is 4.98 Å². The normalized spacial score (nSPS) is 11.2. The summed E-state index contributed by atoms with van der Waals surface area (Å²) in [6.45, 7) is -0.178. The maximum absolute atomic E-state index is 13.3. The fourth-order valence-corrected chi connectivity index (χ4v) is 2.84. The van der Waals surface area contributed by atoms with Gasteiger partial charge >= 0.3 is 0 Å². The third-order valence-corrected chi connectivity index (χ3v) is 3.98. The van der Waals surface area contributed by atoms with Gasteiger partial charge in [-0.2, -0.15) is 0 Å². The number of fused-ring (bicyclic) bond motifs is 3. The standard InChI is InChI=1S/C18H12FN3O2/c19-13-5-3-4-12(8-13)16(23)10-21-17-9-20-11-22(17)15-7-2-1-6-14(15)18(21)24/h1-9,11H,10H2. The molecule has 5 nitrogen and oxygen atoms in total. The molecule has 0 atom stereocenters. The molecule has 0 bridgehead atoms. The van der Waals surface area contributed by atoms with E-state index in [9.17, 15) is 14.0 Å². The van der Waals surface area contributed by atoms with Gasteiger partial charge in [0.15, 0.2) is 5.78 Å². The Morgan fingerprint density at radius 2 is 1.96 bits per heavy atom. The van der Waals surface area contributed by atoms with Crippen LogP contribution in [0.5, 0.6) is 0 Å². The Morgan fingerprint density at radius 3 is 2.79 bits per heavy atom. The first-order valence-electron chi connectivity index (χ1n) is 7.37. The second kappa shape index (κ2) is 5.42. The highest BCUT2D eigenvalue weighted by Gasteiger charge is 2.15. The van der Waals surface area contributed by atoms with E-state index in [1.54, 1.807) is 22.9 Å². The van der Waals surface area contributed by atoms with Crippen LogP contribution in [0.25, 0.3) is 16.6 Å². The lowest BCUT2D eigenvalue weighted by Crippen LogP contribution is -2.26. The number of hydrogen-bond donors (Lipinski definition) is 0. The van der Waals surface area contributed by atoms with Crippen LogP contribution in [0.1, 0.15) is 10.4 Å². The second-order valence-electron chi connectivity index (χ2n) is 5.46. The summed E-state index contributed by atoms with van der Waals surface area (Å²) in [5, 5.41) is 0.495. The lowest BCUT2D eigenvalue weighted by Gasteiger charge is -2.10. The molecule has 0 unspecified atom stereocenters. The number of benzene rings is 2. The lowest BCUT2D eigenvalue weighted by molar-refractivity contribution is 0.0971. The molecule has 2 heterocycles. The maximum Gasteiger partial charge on any atom is 0.262 e. The van der Waals surface area contributed by atoms with Gasteiger partial charge in [-0.3, -0.25) is 18.6 Å². The predicted octanol–water partition coefficient (Wildman–Crippen LogP) is 2.67. The van der Waals surface area contributed by atoms with Crippen molar-refractivity contribution in [1.82, 2.24) is 14.0 Å². The van der Waals surface area contributed by atoms with Crippen molar-refractivity contribution in [2.24, 2.45) is 0 Å². The molecule has 2 aromatic heterocycles. The maximum atomic E-state index is 13.3. The Kier molecular flexibility index (Phi) is 3.23. The molecule has 2 aromatic carbocycles. The van der Waals surface area contributed by atoms with Crippen molar-refractivity contribution in [2.75, 3.05) is 0 Å². The third kappa shape index (κ3) is 2.20. The van der Waals surface area contributed by atoms with Gasteiger partial charge in [-0.1, -0.05) is 24.3 Å². The number of aromatic nitrogens is 3. The predicted molar refractivity (Wildman–Crippen MR) is 87.7 cm³/mol. The van der Waals surface area contributed by atoms with Gasteiger partial charge in [0.05, 0.1) is 23.6 Å². The fourth-order valence-electron chi connectivity index (χ4n) is 2.84. The highest BCUT2D eigenvalue weighted by molar-refractivity contribution is 5.96. The molecule has 0 saturated carbocycles. The van der Waals surface area contributed by atoms with E-state index >= 15 is 0 Å². The molecule has 0 N–H and O–H groups in total. The average molecular weight is 321 g/mol. The topological polar surface area (TPSA) is 56.4 Å². The number of carbonyl (C=O) groups is 1. The minimum Gasteiger partial charge on any atom is -0.292 e. The summed E-state index contributed by atoms with van der Waals surface area (Å²) in [4.78, 5) is 29.3. The number of rotatable bonds is 3. The van der Waals surface area contributed by atoms with Gasteiger partial charge in [0.1, 0.15) is 17.8 Å².